The molecule has 104 valence electrons. The largest absolute Gasteiger partial charge is 0.465 e. The second-order valence-electron chi connectivity index (χ2n) is 5.20. The Hall–Kier alpha value is -1.01. The fourth-order valence-electron chi connectivity index (χ4n) is 1.48. The highest BCUT2D eigenvalue weighted by molar-refractivity contribution is 5.69. The number of carbonyl (C=O) groups excluding carboxylic acids is 1. The number of rotatable bonds is 8. The van der Waals surface area contributed by atoms with Crippen molar-refractivity contribution in [2.24, 2.45) is 11.8 Å². The van der Waals surface area contributed by atoms with Crippen molar-refractivity contribution in [1.29, 1.82) is 0 Å². The average molecular weight is 252 g/mol. The van der Waals surface area contributed by atoms with Crippen molar-refractivity contribution in [1.82, 2.24) is 0 Å². The van der Waals surface area contributed by atoms with E-state index in [4.69, 9.17) is 4.74 Å². The summed E-state index contributed by atoms with van der Waals surface area (Å²) in [6.07, 6.45) is 5.38. The van der Waals surface area contributed by atoms with Crippen molar-refractivity contribution in [3.05, 3.63) is 17.4 Å². The molecule has 0 rings (SSSR count). The Bertz CT molecular complexity index is 292. The summed E-state index contributed by atoms with van der Waals surface area (Å²) in [5.41, 5.74) is 4.32. The molecule has 0 aromatic carbocycles. The van der Waals surface area contributed by atoms with Crippen LogP contribution in [0, 0.1) is 11.8 Å². The van der Waals surface area contributed by atoms with Gasteiger partial charge in [-0.1, -0.05) is 40.5 Å². The molecule has 0 radical (unpaired) electrons. The Kier molecular flexibility index (Phi) is 9.40. The normalized spacial score (nSPS) is 10.4. The quantitative estimate of drug-likeness (QED) is 0.469. The van der Waals surface area contributed by atoms with E-state index in [9.17, 15) is 4.79 Å². The molecule has 0 aliphatic carbocycles. The maximum Gasteiger partial charge on any atom is 0.306 e. The smallest absolute Gasteiger partial charge is 0.306 e. The zero-order valence-corrected chi connectivity index (χ0v) is 12.6. The van der Waals surface area contributed by atoms with Crippen molar-refractivity contribution < 1.29 is 9.53 Å². The van der Waals surface area contributed by atoms with E-state index in [0.29, 0.717) is 24.9 Å². The van der Waals surface area contributed by atoms with Crippen LogP contribution in [0.5, 0.6) is 0 Å². The highest BCUT2D eigenvalue weighted by atomic mass is 16.5. The summed E-state index contributed by atoms with van der Waals surface area (Å²) in [5.74, 6) is 0.917. The van der Waals surface area contributed by atoms with Gasteiger partial charge < -0.3 is 4.74 Å². The third-order valence-electron chi connectivity index (χ3n) is 3.00. The van der Waals surface area contributed by atoms with Crippen molar-refractivity contribution in [2.75, 3.05) is 6.61 Å². The van der Waals surface area contributed by atoms with E-state index < -0.39 is 0 Å². The van der Waals surface area contributed by atoms with Gasteiger partial charge in [-0.3, -0.25) is 4.79 Å². The monoisotopic (exact) mass is 252 g/mol. The Morgan fingerprint density at radius 2 is 1.83 bits per heavy atom. The van der Waals surface area contributed by atoms with Crippen molar-refractivity contribution in [3.63, 3.8) is 0 Å². The lowest BCUT2D eigenvalue weighted by atomic mass is 10.1. The molecule has 0 aliphatic heterocycles. The van der Waals surface area contributed by atoms with Crippen LogP contribution >= 0.6 is 0 Å². The zero-order chi connectivity index (χ0) is 14.0. The van der Waals surface area contributed by atoms with Crippen LogP contribution in [-0.2, 0) is 9.53 Å². The Balaban J connectivity index is 3.93. The minimum Gasteiger partial charge on any atom is -0.465 e. The third kappa shape index (κ3) is 9.07. The SMILES string of the molecule is CCC(CC)COC(=O)CCC(C)=C=CC(C)C. The first kappa shape index (κ1) is 17.0. The van der Waals surface area contributed by atoms with Crippen molar-refractivity contribution >= 4 is 5.97 Å². The van der Waals surface area contributed by atoms with Gasteiger partial charge in [-0.05, 0) is 36.8 Å². The van der Waals surface area contributed by atoms with E-state index in [2.05, 4.69) is 33.4 Å². The summed E-state index contributed by atoms with van der Waals surface area (Å²) in [7, 11) is 0. The standard InChI is InChI=1S/C16H28O2/c1-6-15(7-2)12-18-16(17)11-10-14(5)9-8-13(3)4/h8,13,15H,6-7,10-12H2,1-5H3. The lowest BCUT2D eigenvalue weighted by Crippen LogP contribution is -2.12. The molecular formula is C16H28O2. The van der Waals surface area contributed by atoms with Gasteiger partial charge in [0, 0.05) is 6.42 Å². The molecule has 2 heteroatoms. The lowest BCUT2D eigenvalue weighted by molar-refractivity contribution is -0.145. The molecule has 0 aromatic rings. The predicted molar refractivity (Wildman–Crippen MR) is 76.4 cm³/mol. The van der Waals surface area contributed by atoms with Crippen molar-refractivity contribution in [3.8, 4) is 0 Å². The molecule has 0 aromatic heterocycles. The molecule has 0 aliphatic rings. The molecule has 0 spiro atoms. The van der Waals surface area contributed by atoms with E-state index in [1.54, 1.807) is 0 Å². The first-order chi connectivity index (χ1) is 8.49. The van der Waals surface area contributed by atoms with Crippen LogP contribution in [0.4, 0.5) is 0 Å². The predicted octanol–water partition coefficient (Wildman–Crippen LogP) is 4.50. The summed E-state index contributed by atoms with van der Waals surface area (Å²) in [5, 5.41) is 0. The Morgan fingerprint density at radius 3 is 2.33 bits per heavy atom. The molecule has 0 N–H and O–H groups in total. The summed E-state index contributed by atoms with van der Waals surface area (Å²) in [6, 6.07) is 0. The summed E-state index contributed by atoms with van der Waals surface area (Å²) in [6.45, 7) is 11.1. The fraction of sp³-hybridized carbons (Fsp3) is 0.750. The number of esters is 1. The number of ether oxygens (including phenoxy) is 1. The van der Waals surface area contributed by atoms with E-state index in [1.165, 1.54) is 0 Å². The highest BCUT2D eigenvalue weighted by Crippen LogP contribution is 2.10. The van der Waals surface area contributed by atoms with Gasteiger partial charge in [0.15, 0.2) is 0 Å². The van der Waals surface area contributed by atoms with Gasteiger partial charge in [-0.15, -0.1) is 5.73 Å². The average Bonchev–Trinajstić information content (AvgIpc) is 2.35. The number of carbonyl (C=O) groups is 1. The Morgan fingerprint density at radius 1 is 1.22 bits per heavy atom. The molecule has 0 heterocycles. The zero-order valence-electron chi connectivity index (χ0n) is 12.6. The number of hydrogen-bond acceptors (Lipinski definition) is 2. The molecule has 0 saturated heterocycles. The van der Waals surface area contributed by atoms with Crippen LogP contribution in [-0.4, -0.2) is 12.6 Å². The fourth-order valence-corrected chi connectivity index (χ4v) is 1.48. The van der Waals surface area contributed by atoms with E-state index in [0.717, 1.165) is 24.8 Å². The molecule has 0 saturated carbocycles. The van der Waals surface area contributed by atoms with Crippen molar-refractivity contribution in [2.45, 2.75) is 60.3 Å². The molecule has 0 fully saturated rings. The van der Waals surface area contributed by atoms with Gasteiger partial charge in [0.05, 0.1) is 6.61 Å². The van der Waals surface area contributed by atoms with E-state index >= 15 is 0 Å². The maximum absolute atomic E-state index is 11.5. The molecule has 2 nitrogen and oxygen atoms in total. The second kappa shape index (κ2) is 9.96. The van der Waals surface area contributed by atoms with Crippen LogP contribution in [0.1, 0.15) is 60.3 Å². The molecule has 18 heavy (non-hydrogen) atoms. The first-order valence-corrected chi connectivity index (χ1v) is 7.07. The second-order valence-corrected chi connectivity index (χ2v) is 5.20. The van der Waals surface area contributed by atoms with Gasteiger partial charge in [0.25, 0.3) is 0 Å². The third-order valence-corrected chi connectivity index (χ3v) is 3.00. The van der Waals surface area contributed by atoms with Gasteiger partial charge in [0.1, 0.15) is 0 Å². The molecule has 0 amide bonds. The van der Waals surface area contributed by atoms with Gasteiger partial charge in [0.2, 0.25) is 0 Å². The summed E-state index contributed by atoms with van der Waals surface area (Å²) in [4.78, 5) is 11.5. The maximum atomic E-state index is 11.5. The minimum absolute atomic E-state index is 0.0902. The topological polar surface area (TPSA) is 26.3 Å². The highest BCUT2D eigenvalue weighted by Gasteiger charge is 2.08. The van der Waals surface area contributed by atoms with Gasteiger partial charge >= 0.3 is 5.97 Å². The van der Waals surface area contributed by atoms with E-state index in [1.807, 2.05) is 13.0 Å². The molecule has 0 bridgehead atoms. The summed E-state index contributed by atoms with van der Waals surface area (Å²) >= 11 is 0. The van der Waals surface area contributed by atoms with Crippen LogP contribution in [0.2, 0.25) is 0 Å². The van der Waals surface area contributed by atoms with Crippen LogP contribution in [0.25, 0.3) is 0 Å². The number of allylic oxidation sites excluding steroid dienone is 1. The minimum atomic E-state index is -0.0902. The molecule has 0 unspecified atom stereocenters. The van der Waals surface area contributed by atoms with E-state index in [-0.39, 0.29) is 5.97 Å². The van der Waals surface area contributed by atoms with Gasteiger partial charge in [-0.25, -0.2) is 0 Å². The molecule has 0 atom stereocenters. The number of hydrogen-bond donors (Lipinski definition) is 0. The Labute approximate surface area is 112 Å². The van der Waals surface area contributed by atoms with Crippen LogP contribution < -0.4 is 0 Å². The lowest BCUT2D eigenvalue weighted by Gasteiger charge is -2.12. The first-order valence-electron chi connectivity index (χ1n) is 7.07. The van der Waals surface area contributed by atoms with Crippen LogP contribution in [0.3, 0.4) is 0 Å². The summed E-state index contributed by atoms with van der Waals surface area (Å²) < 4.78 is 5.27. The van der Waals surface area contributed by atoms with Gasteiger partial charge in [-0.2, -0.15) is 0 Å². The molecular weight excluding hydrogens is 224 g/mol. The van der Waals surface area contributed by atoms with Crippen LogP contribution in [0.15, 0.2) is 17.4 Å².